The molecule has 0 fully saturated rings. The van der Waals surface area contributed by atoms with E-state index in [1.807, 2.05) is 0 Å². The number of nitro groups is 1. The van der Waals surface area contributed by atoms with Crippen molar-refractivity contribution in [2.75, 3.05) is 5.32 Å². The molecule has 0 saturated heterocycles. The van der Waals surface area contributed by atoms with Gasteiger partial charge in [0.05, 0.1) is 4.92 Å². The average molecular weight is 377 g/mol. The summed E-state index contributed by atoms with van der Waals surface area (Å²) in [4.78, 5) is 21.8. The molecule has 7 nitrogen and oxygen atoms in total. The maximum atomic E-state index is 12.9. The first kappa shape index (κ1) is 18.7. The van der Waals surface area contributed by atoms with Crippen LogP contribution in [0.4, 0.5) is 24.5 Å². The van der Waals surface area contributed by atoms with Crippen LogP contribution in [-0.2, 0) is 17.5 Å². The largest absolute Gasteiger partial charge is 0.442 e. The maximum Gasteiger partial charge on any atom is 0.442 e. The van der Waals surface area contributed by atoms with Crippen LogP contribution in [0.3, 0.4) is 0 Å². The molecule has 134 valence electrons. The second-order valence-electron chi connectivity index (χ2n) is 5.20. The van der Waals surface area contributed by atoms with Crippen LogP contribution in [-0.4, -0.2) is 20.6 Å². The van der Waals surface area contributed by atoms with Gasteiger partial charge in [0.15, 0.2) is 0 Å². The van der Waals surface area contributed by atoms with Gasteiger partial charge in [0.1, 0.15) is 12.2 Å². The number of hydrogen-bond acceptors (Lipinski definition) is 4. The van der Waals surface area contributed by atoms with Crippen LogP contribution in [0.1, 0.15) is 17.0 Å². The minimum Gasteiger partial charge on any atom is -0.324 e. The predicted molar refractivity (Wildman–Crippen MR) is 83.4 cm³/mol. The van der Waals surface area contributed by atoms with Crippen molar-refractivity contribution in [3.05, 3.63) is 50.3 Å². The van der Waals surface area contributed by atoms with E-state index in [1.54, 1.807) is 19.1 Å². The number of carbonyl (C=O) groups is 1. The number of alkyl halides is 3. The highest BCUT2D eigenvalue weighted by Crippen LogP contribution is 2.36. The van der Waals surface area contributed by atoms with Gasteiger partial charge in [-0.3, -0.25) is 19.6 Å². The highest BCUT2D eigenvalue weighted by Gasteiger charge is 2.44. The van der Waals surface area contributed by atoms with E-state index >= 15 is 0 Å². The molecule has 0 aliphatic heterocycles. The van der Waals surface area contributed by atoms with Gasteiger partial charge in [0, 0.05) is 10.7 Å². The van der Waals surface area contributed by atoms with Crippen LogP contribution in [0.15, 0.2) is 18.2 Å². The summed E-state index contributed by atoms with van der Waals surface area (Å²) >= 11 is 5.83. The third-order valence-electron chi connectivity index (χ3n) is 3.39. The van der Waals surface area contributed by atoms with Crippen LogP contribution in [0.25, 0.3) is 0 Å². The fourth-order valence-corrected chi connectivity index (χ4v) is 2.33. The average Bonchev–Trinajstić information content (AvgIpc) is 2.80. The fraction of sp³-hybridized carbons (Fsp3) is 0.286. The molecule has 0 spiro atoms. The molecule has 1 amide bonds. The molecule has 0 unspecified atom stereocenters. The molecule has 1 heterocycles. The van der Waals surface area contributed by atoms with Gasteiger partial charge in [0.25, 0.3) is 0 Å². The van der Waals surface area contributed by atoms with Crippen molar-refractivity contribution in [3.8, 4) is 0 Å². The Morgan fingerprint density at radius 1 is 1.40 bits per heavy atom. The van der Waals surface area contributed by atoms with Gasteiger partial charge in [-0.15, -0.1) is 0 Å². The van der Waals surface area contributed by atoms with E-state index in [1.165, 1.54) is 6.07 Å². The molecule has 1 aromatic carbocycles. The van der Waals surface area contributed by atoms with Crippen molar-refractivity contribution in [2.24, 2.45) is 0 Å². The Kier molecular flexibility index (Phi) is 5.02. The lowest BCUT2D eigenvalue weighted by atomic mass is 10.2. The van der Waals surface area contributed by atoms with Crippen LogP contribution < -0.4 is 5.32 Å². The topological polar surface area (TPSA) is 90.1 Å². The molecule has 0 atom stereocenters. The molecule has 25 heavy (non-hydrogen) atoms. The summed E-state index contributed by atoms with van der Waals surface area (Å²) in [6, 6.07) is 4.75. The third kappa shape index (κ3) is 4.08. The number of anilines is 1. The van der Waals surface area contributed by atoms with E-state index in [4.69, 9.17) is 11.6 Å². The third-order valence-corrected chi connectivity index (χ3v) is 3.63. The van der Waals surface area contributed by atoms with E-state index in [9.17, 15) is 28.1 Å². The minimum atomic E-state index is -5.00. The number of benzene rings is 1. The van der Waals surface area contributed by atoms with E-state index in [0.29, 0.717) is 21.0 Å². The molecule has 11 heteroatoms. The van der Waals surface area contributed by atoms with E-state index < -0.39 is 34.9 Å². The first-order valence-electron chi connectivity index (χ1n) is 6.85. The molecule has 0 saturated carbocycles. The van der Waals surface area contributed by atoms with Gasteiger partial charge < -0.3 is 5.32 Å². The predicted octanol–water partition coefficient (Wildman–Crippen LogP) is 3.72. The summed E-state index contributed by atoms with van der Waals surface area (Å²) < 4.78 is 39.3. The lowest BCUT2D eigenvalue weighted by molar-refractivity contribution is -0.388. The van der Waals surface area contributed by atoms with Gasteiger partial charge in [-0.05, 0) is 31.5 Å². The van der Waals surface area contributed by atoms with Crippen LogP contribution >= 0.6 is 11.6 Å². The Balaban J connectivity index is 2.29. The summed E-state index contributed by atoms with van der Waals surface area (Å²) in [6.45, 7) is 2.19. The van der Waals surface area contributed by atoms with Crippen molar-refractivity contribution in [2.45, 2.75) is 26.6 Å². The Bertz CT molecular complexity index is 849. The standard InChI is InChI=1S/C14H12ClF3N4O3/c1-7-3-4-9(15)5-10(7)19-11(23)6-21-8(2)12(22(24)25)13(20-21)14(16,17)18/h3-5H,6H2,1-2H3,(H,19,23). The molecular weight excluding hydrogens is 365 g/mol. The van der Waals surface area contributed by atoms with Crippen LogP contribution in [0, 0.1) is 24.0 Å². The quantitative estimate of drug-likeness (QED) is 0.650. The first-order chi connectivity index (χ1) is 11.5. The van der Waals surface area contributed by atoms with E-state index in [-0.39, 0.29) is 5.69 Å². The van der Waals surface area contributed by atoms with Crippen LogP contribution in [0.2, 0.25) is 5.02 Å². The molecule has 2 aromatic rings. The van der Waals surface area contributed by atoms with Crippen molar-refractivity contribution in [3.63, 3.8) is 0 Å². The first-order valence-corrected chi connectivity index (χ1v) is 7.23. The molecule has 1 N–H and O–H groups in total. The number of carbonyl (C=O) groups excluding carboxylic acids is 1. The zero-order valence-corrected chi connectivity index (χ0v) is 13.8. The number of nitrogens with zero attached hydrogens (tertiary/aromatic N) is 3. The molecule has 0 radical (unpaired) electrons. The molecule has 0 aliphatic carbocycles. The minimum absolute atomic E-state index is 0.365. The van der Waals surface area contributed by atoms with Gasteiger partial charge in [0.2, 0.25) is 11.6 Å². The van der Waals surface area contributed by atoms with Gasteiger partial charge >= 0.3 is 11.9 Å². The second-order valence-corrected chi connectivity index (χ2v) is 5.64. The number of hydrogen-bond donors (Lipinski definition) is 1. The normalized spacial score (nSPS) is 11.4. The lowest BCUT2D eigenvalue weighted by Gasteiger charge is -2.09. The molecule has 0 aliphatic rings. The monoisotopic (exact) mass is 376 g/mol. The van der Waals surface area contributed by atoms with Crippen molar-refractivity contribution in [1.29, 1.82) is 0 Å². The number of aryl methyl sites for hydroxylation is 1. The summed E-state index contributed by atoms with van der Waals surface area (Å²) in [5, 5.41) is 16.9. The summed E-state index contributed by atoms with van der Waals surface area (Å²) in [5.41, 5.74) is -2.10. The van der Waals surface area contributed by atoms with Crippen molar-refractivity contribution < 1.29 is 22.9 Å². The van der Waals surface area contributed by atoms with E-state index in [0.717, 1.165) is 6.92 Å². The number of rotatable bonds is 4. The van der Waals surface area contributed by atoms with Gasteiger partial charge in [-0.2, -0.15) is 18.3 Å². The van der Waals surface area contributed by atoms with Gasteiger partial charge in [-0.1, -0.05) is 17.7 Å². The number of halogens is 4. The summed E-state index contributed by atoms with van der Waals surface area (Å²) in [7, 11) is 0. The molecule has 2 rings (SSSR count). The Morgan fingerprint density at radius 3 is 2.56 bits per heavy atom. The molecular formula is C14H12ClF3N4O3. The summed E-state index contributed by atoms with van der Waals surface area (Å²) in [5.74, 6) is -0.695. The maximum absolute atomic E-state index is 12.9. The second kappa shape index (κ2) is 6.71. The highest BCUT2D eigenvalue weighted by atomic mass is 35.5. The Labute approximate surface area is 144 Å². The van der Waals surface area contributed by atoms with Crippen molar-refractivity contribution in [1.82, 2.24) is 9.78 Å². The van der Waals surface area contributed by atoms with Crippen molar-refractivity contribution >= 4 is 28.9 Å². The number of nitrogens with one attached hydrogen (secondary N) is 1. The zero-order valence-electron chi connectivity index (χ0n) is 13.0. The molecule has 1 aromatic heterocycles. The number of aromatic nitrogens is 2. The van der Waals surface area contributed by atoms with Gasteiger partial charge in [-0.25, -0.2) is 0 Å². The zero-order chi connectivity index (χ0) is 18.9. The highest BCUT2D eigenvalue weighted by molar-refractivity contribution is 6.31. The lowest BCUT2D eigenvalue weighted by Crippen LogP contribution is -2.21. The molecule has 0 bridgehead atoms. The SMILES string of the molecule is Cc1ccc(Cl)cc1NC(=O)Cn1nc(C(F)(F)F)c([N+](=O)[O-])c1C. The Hall–Kier alpha value is -2.62. The fourth-order valence-electron chi connectivity index (χ4n) is 2.15. The summed E-state index contributed by atoms with van der Waals surface area (Å²) in [6.07, 6.45) is -5.00. The van der Waals surface area contributed by atoms with Crippen LogP contribution in [0.5, 0.6) is 0 Å². The Morgan fingerprint density at radius 2 is 2.04 bits per heavy atom. The van der Waals surface area contributed by atoms with E-state index in [2.05, 4.69) is 10.4 Å². The number of amides is 1. The smallest absolute Gasteiger partial charge is 0.324 e.